The first kappa shape index (κ1) is 22.1. The molecule has 2 aromatic carbocycles. The van der Waals surface area contributed by atoms with Crippen LogP contribution < -0.4 is 0 Å². The molecule has 1 amide bonds. The fourth-order valence-corrected chi connectivity index (χ4v) is 4.78. The van der Waals surface area contributed by atoms with Gasteiger partial charge >= 0.3 is 12.1 Å². The zero-order valence-electron chi connectivity index (χ0n) is 19.0. The Kier molecular flexibility index (Phi) is 4.96. The third kappa shape index (κ3) is 3.70. The number of ether oxygens (including phenoxy) is 1. The maximum absolute atomic E-state index is 14.8. The van der Waals surface area contributed by atoms with Crippen molar-refractivity contribution in [1.29, 1.82) is 0 Å². The Morgan fingerprint density at radius 3 is 2.38 bits per heavy atom. The van der Waals surface area contributed by atoms with Crippen LogP contribution in [0.2, 0.25) is 0 Å². The Morgan fingerprint density at radius 2 is 1.76 bits per heavy atom. The van der Waals surface area contributed by atoms with Crippen molar-refractivity contribution in [3.63, 3.8) is 0 Å². The molecule has 1 saturated carbocycles. The van der Waals surface area contributed by atoms with Gasteiger partial charge in [0.05, 0.1) is 17.0 Å². The van der Waals surface area contributed by atoms with Crippen LogP contribution in [0.3, 0.4) is 0 Å². The molecule has 3 aromatic rings. The van der Waals surface area contributed by atoms with Gasteiger partial charge in [-0.15, -0.1) is 0 Å². The van der Waals surface area contributed by atoms with Crippen molar-refractivity contribution < 1.29 is 28.6 Å². The van der Waals surface area contributed by atoms with E-state index in [2.05, 4.69) is 5.10 Å². The van der Waals surface area contributed by atoms with Crippen molar-refractivity contribution >= 4 is 28.9 Å². The lowest BCUT2D eigenvalue weighted by Crippen LogP contribution is -2.37. The Bertz CT molecular complexity index is 1330. The molecular formula is C25H24FN3O5. The van der Waals surface area contributed by atoms with Crippen LogP contribution in [0, 0.1) is 23.6 Å². The number of rotatable bonds is 3. The van der Waals surface area contributed by atoms with Crippen LogP contribution in [-0.2, 0) is 4.74 Å². The number of hydrogen-bond acceptors (Lipinski definition) is 5. The molecule has 1 aliphatic carbocycles. The second-order valence-corrected chi connectivity index (χ2v) is 9.85. The van der Waals surface area contributed by atoms with Crippen LogP contribution in [0.25, 0.3) is 22.2 Å². The zero-order valence-corrected chi connectivity index (χ0v) is 19.0. The molecule has 176 valence electrons. The van der Waals surface area contributed by atoms with E-state index in [1.165, 1.54) is 16.8 Å². The standard InChI is InChI=1S/C25H24FN3O5/c1-25(2,3)34-24(33)28-11-16-17(12-28)20(16)22(30)29-19-7-5-4-6-15(19)21(27-29)14-9-8-13(23(31)32)10-18(14)26/h4-10,16-17,20H,11-12H2,1-3H3,(H,31,32). The molecule has 2 unspecified atom stereocenters. The van der Waals surface area contributed by atoms with Crippen LogP contribution in [0.1, 0.15) is 35.9 Å². The number of para-hydroxylation sites is 1. The van der Waals surface area contributed by atoms with E-state index in [1.807, 2.05) is 20.8 Å². The number of benzene rings is 2. The van der Waals surface area contributed by atoms with Gasteiger partial charge in [0.25, 0.3) is 5.91 Å². The van der Waals surface area contributed by atoms with Crippen molar-refractivity contribution in [2.45, 2.75) is 26.4 Å². The second-order valence-electron chi connectivity index (χ2n) is 9.85. The maximum Gasteiger partial charge on any atom is 0.410 e. The number of carboxylic acids is 1. The van der Waals surface area contributed by atoms with Crippen molar-refractivity contribution in [3.8, 4) is 11.3 Å². The number of likely N-dealkylation sites (tertiary alicyclic amines) is 1. The number of aromatic carboxylic acids is 1. The minimum Gasteiger partial charge on any atom is -0.478 e. The van der Waals surface area contributed by atoms with E-state index < -0.39 is 17.4 Å². The van der Waals surface area contributed by atoms with Gasteiger partial charge < -0.3 is 14.7 Å². The van der Waals surface area contributed by atoms with Crippen molar-refractivity contribution in [1.82, 2.24) is 14.7 Å². The van der Waals surface area contributed by atoms with E-state index in [-0.39, 0.29) is 46.6 Å². The molecule has 8 nitrogen and oxygen atoms in total. The topological polar surface area (TPSA) is 102 Å². The van der Waals surface area contributed by atoms with Gasteiger partial charge in [-0.05, 0) is 56.9 Å². The number of nitrogens with zero attached hydrogens (tertiary/aromatic N) is 3. The molecule has 0 bridgehead atoms. The van der Waals surface area contributed by atoms with Crippen LogP contribution in [-0.4, -0.2) is 56.4 Å². The lowest BCUT2D eigenvalue weighted by atomic mass is 10.0. The normalized spacial score (nSPS) is 21.4. The van der Waals surface area contributed by atoms with Gasteiger partial charge in [-0.2, -0.15) is 9.78 Å². The smallest absolute Gasteiger partial charge is 0.410 e. The molecule has 2 aliphatic rings. The van der Waals surface area contributed by atoms with Gasteiger partial charge in [0.15, 0.2) is 0 Å². The quantitative estimate of drug-likeness (QED) is 0.619. The average molecular weight is 465 g/mol. The third-order valence-electron chi connectivity index (χ3n) is 6.40. The maximum atomic E-state index is 14.8. The summed E-state index contributed by atoms with van der Waals surface area (Å²) in [5, 5.41) is 14.2. The van der Waals surface area contributed by atoms with Gasteiger partial charge in [-0.25, -0.2) is 14.0 Å². The highest BCUT2D eigenvalue weighted by atomic mass is 19.1. The number of piperidine rings is 1. The monoisotopic (exact) mass is 465 g/mol. The molecule has 34 heavy (non-hydrogen) atoms. The number of halogens is 1. The minimum atomic E-state index is -1.23. The van der Waals surface area contributed by atoms with Crippen LogP contribution in [0.15, 0.2) is 42.5 Å². The number of carbonyl (C=O) groups excluding carboxylic acids is 2. The highest BCUT2D eigenvalue weighted by Gasteiger charge is 2.61. The summed E-state index contributed by atoms with van der Waals surface area (Å²) in [6, 6.07) is 10.7. The van der Waals surface area contributed by atoms with E-state index in [0.29, 0.717) is 24.0 Å². The summed E-state index contributed by atoms with van der Waals surface area (Å²) in [5.74, 6) is -2.33. The number of fused-ring (bicyclic) bond motifs is 2. The van der Waals surface area contributed by atoms with E-state index in [9.17, 15) is 18.8 Å². The van der Waals surface area contributed by atoms with Gasteiger partial charge in [-0.3, -0.25) is 4.79 Å². The minimum absolute atomic E-state index is 0.0398. The fraction of sp³-hybridized carbons (Fsp3) is 0.360. The van der Waals surface area contributed by atoms with Gasteiger partial charge in [0.1, 0.15) is 17.1 Å². The molecule has 1 aliphatic heterocycles. The lowest BCUT2D eigenvalue weighted by molar-refractivity contribution is 0.0261. The summed E-state index contributed by atoms with van der Waals surface area (Å²) in [4.78, 5) is 38.5. The predicted molar refractivity (Wildman–Crippen MR) is 121 cm³/mol. The first-order valence-electron chi connectivity index (χ1n) is 11.1. The van der Waals surface area contributed by atoms with E-state index in [1.54, 1.807) is 29.2 Å². The highest BCUT2D eigenvalue weighted by Crippen LogP contribution is 2.53. The predicted octanol–water partition coefficient (Wildman–Crippen LogP) is 4.29. The summed E-state index contributed by atoms with van der Waals surface area (Å²) in [6.07, 6.45) is -0.377. The van der Waals surface area contributed by atoms with E-state index in [4.69, 9.17) is 9.84 Å². The highest BCUT2D eigenvalue weighted by molar-refractivity contribution is 6.00. The number of hydrogen-bond donors (Lipinski definition) is 1. The summed E-state index contributed by atoms with van der Waals surface area (Å²) < 4.78 is 21.5. The first-order valence-corrected chi connectivity index (χ1v) is 11.1. The molecule has 9 heteroatoms. The molecule has 1 N–H and O–H groups in total. The summed E-state index contributed by atoms with van der Waals surface area (Å²) in [6.45, 7) is 6.34. The first-order chi connectivity index (χ1) is 16.0. The molecule has 1 saturated heterocycles. The molecule has 5 rings (SSSR count). The van der Waals surface area contributed by atoms with E-state index in [0.717, 1.165) is 6.07 Å². The van der Waals surface area contributed by atoms with Crippen molar-refractivity contribution in [2.75, 3.05) is 13.1 Å². The molecule has 2 atom stereocenters. The number of amides is 1. The van der Waals surface area contributed by atoms with Crippen LogP contribution >= 0.6 is 0 Å². The van der Waals surface area contributed by atoms with Crippen molar-refractivity contribution in [3.05, 3.63) is 53.8 Å². The van der Waals surface area contributed by atoms with Gasteiger partial charge in [-0.1, -0.05) is 18.2 Å². The zero-order chi connectivity index (χ0) is 24.4. The molecule has 2 heterocycles. The SMILES string of the molecule is CC(C)(C)OC(=O)N1CC2C(C1)C2C(=O)n1nc(-c2ccc(C(=O)O)cc2F)c2ccccc21. The van der Waals surface area contributed by atoms with Gasteiger partial charge in [0, 0.05) is 24.0 Å². The average Bonchev–Trinajstić information content (AvgIpc) is 3.09. The number of aromatic nitrogens is 2. The summed E-state index contributed by atoms with van der Waals surface area (Å²) in [5.41, 5.74) is 0.209. The van der Waals surface area contributed by atoms with Crippen LogP contribution in [0.4, 0.5) is 9.18 Å². The molecule has 2 fully saturated rings. The summed E-state index contributed by atoms with van der Waals surface area (Å²) in [7, 11) is 0. The number of carbonyl (C=O) groups is 3. The fourth-order valence-electron chi connectivity index (χ4n) is 4.78. The molecule has 0 radical (unpaired) electrons. The Balaban J connectivity index is 1.41. The largest absolute Gasteiger partial charge is 0.478 e. The number of carboxylic acid groups (broad SMARTS) is 1. The second kappa shape index (κ2) is 7.65. The van der Waals surface area contributed by atoms with E-state index >= 15 is 0 Å². The Labute approximate surface area is 194 Å². The third-order valence-corrected chi connectivity index (χ3v) is 6.40. The molecular weight excluding hydrogens is 441 g/mol. The van der Waals surface area contributed by atoms with Crippen LogP contribution in [0.5, 0.6) is 0 Å². The Hall–Kier alpha value is -3.75. The van der Waals surface area contributed by atoms with Crippen molar-refractivity contribution in [2.24, 2.45) is 17.8 Å². The van der Waals surface area contributed by atoms with Gasteiger partial charge in [0.2, 0.25) is 0 Å². The molecule has 0 spiro atoms. The summed E-state index contributed by atoms with van der Waals surface area (Å²) >= 11 is 0. The lowest BCUT2D eigenvalue weighted by Gasteiger charge is -2.25. The Morgan fingerprint density at radius 1 is 1.09 bits per heavy atom. The molecule has 1 aromatic heterocycles.